The van der Waals surface area contributed by atoms with Crippen molar-refractivity contribution in [2.45, 2.75) is 44.6 Å². The monoisotopic (exact) mass is 259 g/mol. The van der Waals surface area contributed by atoms with Crippen LogP contribution in [0.3, 0.4) is 0 Å². The van der Waals surface area contributed by atoms with E-state index in [1.165, 1.54) is 25.7 Å². The van der Waals surface area contributed by atoms with Crippen LogP contribution in [0.1, 0.15) is 38.5 Å². The summed E-state index contributed by atoms with van der Waals surface area (Å²) in [5.41, 5.74) is 0.0397. The van der Waals surface area contributed by atoms with E-state index in [2.05, 4.69) is 4.90 Å². The normalized spacial score (nSPS) is 21.8. The van der Waals surface area contributed by atoms with E-state index >= 15 is 0 Å². The number of hydrogen-bond donors (Lipinski definition) is 2. The van der Waals surface area contributed by atoms with Gasteiger partial charge >= 0.3 is 0 Å². The van der Waals surface area contributed by atoms with E-state index in [1.807, 2.05) is 7.05 Å². The zero-order chi connectivity index (χ0) is 13.4. The van der Waals surface area contributed by atoms with Crippen molar-refractivity contribution in [2.24, 2.45) is 5.41 Å². The Balaban J connectivity index is 2.45. The van der Waals surface area contributed by atoms with Gasteiger partial charge in [-0.1, -0.05) is 25.7 Å². The van der Waals surface area contributed by atoms with Crippen LogP contribution >= 0.6 is 0 Å². The maximum atomic E-state index is 9.74. The van der Waals surface area contributed by atoms with Crippen molar-refractivity contribution in [1.82, 2.24) is 4.90 Å². The summed E-state index contributed by atoms with van der Waals surface area (Å²) in [5, 5.41) is 19.5. The van der Waals surface area contributed by atoms with Gasteiger partial charge in [0.25, 0.3) is 0 Å². The van der Waals surface area contributed by atoms with E-state index in [0.717, 1.165) is 19.4 Å². The Kier molecular flexibility index (Phi) is 7.15. The molecule has 0 radical (unpaired) electrons. The molecule has 0 saturated heterocycles. The Morgan fingerprint density at radius 1 is 1.22 bits per heavy atom. The summed E-state index contributed by atoms with van der Waals surface area (Å²) in [4.78, 5) is 2.13. The molecule has 2 N–H and O–H groups in total. The quantitative estimate of drug-likeness (QED) is 0.676. The van der Waals surface area contributed by atoms with Crippen LogP contribution in [-0.2, 0) is 4.74 Å². The zero-order valence-electron chi connectivity index (χ0n) is 11.9. The van der Waals surface area contributed by atoms with Gasteiger partial charge in [-0.15, -0.1) is 0 Å². The van der Waals surface area contributed by atoms with Gasteiger partial charge in [0.05, 0.1) is 12.7 Å². The molecule has 18 heavy (non-hydrogen) atoms. The molecule has 4 heteroatoms. The van der Waals surface area contributed by atoms with Crippen LogP contribution in [-0.4, -0.2) is 61.7 Å². The lowest BCUT2D eigenvalue weighted by atomic mass is 9.80. The number of rotatable bonds is 7. The number of likely N-dealkylation sites (N-methyl/N-ethyl adjacent to an activating group) is 1. The van der Waals surface area contributed by atoms with Gasteiger partial charge in [0.15, 0.2) is 0 Å². The summed E-state index contributed by atoms with van der Waals surface area (Å²) in [6.45, 7) is 2.11. The van der Waals surface area contributed by atoms with E-state index in [0.29, 0.717) is 13.2 Å². The fraction of sp³-hybridized carbons (Fsp3) is 1.00. The third-order valence-corrected chi connectivity index (χ3v) is 3.99. The van der Waals surface area contributed by atoms with Gasteiger partial charge in [-0.2, -0.15) is 0 Å². The van der Waals surface area contributed by atoms with Crippen molar-refractivity contribution in [2.75, 3.05) is 40.5 Å². The minimum absolute atomic E-state index is 0.0397. The molecule has 1 fully saturated rings. The molecule has 1 aliphatic rings. The highest BCUT2D eigenvalue weighted by molar-refractivity contribution is 4.84. The highest BCUT2D eigenvalue weighted by Crippen LogP contribution is 2.35. The summed E-state index contributed by atoms with van der Waals surface area (Å²) < 4.78 is 4.94. The van der Waals surface area contributed by atoms with Crippen molar-refractivity contribution >= 4 is 0 Å². The predicted molar refractivity (Wildman–Crippen MR) is 72.6 cm³/mol. The van der Waals surface area contributed by atoms with Crippen LogP contribution in [0.25, 0.3) is 0 Å². The number of aliphatic hydroxyl groups excluding tert-OH is 2. The second kappa shape index (κ2) is 8.10. The number of aliphatic hydroxyl groups is 2. The number of methoxy groups -OCH3 is 1. The van der Waals surface area contributed by atoms with Crippen molar-refractivity contribution in [3.63, 3.8) is 0 Å². The molecule has 0 bridgehead atoms. The van der Waals surface area contributed by atoms with Crippen LogP contribution in [0.5, 0.6) is 0 Å². The van der Waals surface area contributed by atoms with E-state index in [-0.39, 0.29) is 12.0 Å². The van der Waals surface area contributed by atoms with Crippen LogP contribution in [0, 0.1) is 5.41 Å². The molecular weight excluding hydrogens is 230 g/mol. The molecule has 0 aromatic heterocycles. The molecule has 1 unspecified atom stereocenters. The number of hydrogen-bond acceptors (Lipinski definition) is 4. The van der Waals surface area contributed by atoms with Crippen molar-refractivity contribution < 1.29 is 14.9 Å². The average Bonchev–Trinajstić information content (AvgIpc) is 2.55. The van der Waals surface area contributed by atoms with Gasteiger partial charge in [-0.3, -0.25) is 0 Å². The van der Waals surface area contributed by atoms with Gasteiger partial charge in [-0.05, 0) is 19.9 Å². The molecule has 0 spiro atoms. The van der Waals surface area contributed by atoms with Gasteiger partial charge in [0, 0.05) is 32.2 Å². The lowest BCUT2D eigenvalue weighted by molar-refractivity contribution is 0.0184. The first-order valence-corrected chi connectivity index (χ1v) is 7.08. The summed E-state index contributed by atoms with van der Waals surface area (Å²) in [7, 11) is 3.62. The van der Waals surface area contributed by atoms with Crippen molar-refractivity contribution in [3.05, 3.63) is 0 Å². The first kappa shape index (κ1) is 15.9. The standard InChI is InChI=1S/C14H29NO3/c1-15(9-13(17)10-18-2)11-14(12-16)7-5-3-4-6-8-14/h13,16-17H,3-12H2,1-2H3. The maximum Gasteiger partial charge on any atom is 0.0899 e. The largest absolute Gasteiger partial charge is 0.396 e. The SMILES string of the molecule is COCC(O)CN(C)CC1(CO)CCCCCC1. The smallest absolute Gasteiger partial charge is 0.0899 e. The van der Waals surface area contributed by atoms with Crippen LogP contribution in [0.4, 0.5) is 0 Å². The van der Waals surface area contributed by atoms with Gasteiger partial charge in [0.2, 0.25) is 0 Å². The minimum Gasteiger partial charge on any atom is -0.396 e. The molecule has 0 aromatic carbocycles. The van der Waals surface area contributed by atoms with E-state index in [9.17, 15) is 10.2 Å². The summed E-state index contributed by atoms with van der Waals surface area (Å²) in [6, 6.07) is 0. The third kappa shape index (κ3) is 5.22. The maximum absolute atomic E-state index is 9.74. The second-order valence-corrected chi connectivity index (χ2v) is 5.88. The van der Waals surface area contributed by atoms with Crippen LogP contribution in [0.2, 0.25) is 0 Å². The van der Waals surface area contributed by atoms with Gasteiger partial charge < -0.3 is 19.8 Å². The topological polar surface area (TPSA) is 52.9 Å². The van der Waals surface area contributed by atoms with Gasteiger partial charge in [0.1, 0.15) is 0 Å². The molecule has 108 valence electrons. The molecule has 1 rings (SSSR count). The first-order valence-electron chi connectivity index (χ1n) is 7.08. The molecular formula is C14H29NO3. The summed E-state index contributed by atoms with van der Waals surface area (Å²) >= 11 is 0. The predicted octanol–water partition coefficient (Wildman–Crippen LogP) is 1.26. The molecule has 0 amide bonds. The van der Waals surface area contributed by atoms with Crippen LogP contribution < -0.4 is 0 Å². The van der Waals surface area contributed by atoms with Gasteiger partial charge in [-0.25, -0.2) is 0 Å². The summed E-state index contributed by atoms with van der Waals surface area (Å²) in [6.07, 6.45) is 6.78. The summed E-state index contributed by atoms with van der Waals surface area (Å²) in [5.74, 6) is 0. The Hall–Kier alpha value is -0.160. The zero-order valence-corrected chi connectivity index (χ0v) is 11.9. The number of nitrogens with zero attached hydrogens (tertiary/aromatic N) is 1. The Morgan fingerprint density at radius 2 is 1.83 bits per heavy atom. The fourth-order valence-corrected chi connectivity index (χ4v) is 3.09. The molecule has 0 heterocycles. The lowest BCUT2D eigenvalue weighted by Gasteiger charge is -2.35. The van der Waals surface area contributed by atoms with Crippen LogP contribution in [0.15, 0.2) is 0 Å². The van der Waals surface area contributed by atoms with E-state index < -0.39 is 6.10 Å². The van der Waals surface area contributed by atoms with E-state index in [4.69, 9.17) is 4.74 Å². The lowest BCUT2D eigenvalue weighted by Crippen LogP contribution is -2.42. The molecule has 1 aliphatic carbocycles. The molecule has 1 saturated carbocycles. The van der Waals surface area contributed by atoms with Crippen molar-refractivity contribution in [3.8, 4) is 0 Å². The third-order valence-electron chi connectivity index (χ3n) is 3.99. The Morgan fingerprint density at radius 3 is 2.33 bits per heavy atom. The highest BCUT2D eigenvalue weighted by atomic mass is 16.5. The number of ether oxygens (including phenoxy) is 1. The average molecular weight is 259 g/mol. The fourth-order valence-electron chi connectivity index (χ4n) is 3.09. The molecule has 0 aromatic rings. The molecule has 1 atom stereocenters. The molecule has 0 aliphatic heterocycles. The van der Waals surface area contributed by atoms with Crippen molar-refractivity contribution in [1.29, 1.82) is 0 Å². The van der Waals surface area contributed by atoms with E-state index in [1.54, 1.807) is 7.11 Å². The Bertz CT molecular complexity index is 215. The Labute approximate surface area is 111 Å². The minimum atomic E-state index is -0.443. The first-order chi connectivity index (χ1) is 8.62. The highest BCUT2D eigenvalue weighted by Gasteiger charge is 2.31. The second-order valence-electron chi connectivity index (χ2n) is 5.88. The molecule has 4 nitrogen and oxygen atoms in total.